The molecule has 1 aromatic carbocycles. The van der Waals surface area contributed by atoms with Crippen molar-refractivity contribution in [2.75, 3.05) is 30.3 Å². The van der Waals surface area contributed by atoms with Gasteiger partial charge in [-0.2, -0.15) is 4.98 Å². The number of nitrogens with zero attached hydrogens (tertiary/aromatic N) is 3. The topological polar surface area (TPSA) is 80.2 Å². The predicted molar refractivity (Wildman–Crippen MR) is 97.6 cm³/mol. The van der Waals surface area contributed by atoms with E-state index >= 15 is 0 Å². The van der Waals surface area contributed by atoms with Crippen LogP contribution in [0.3, 0.4) is 0 Å². The molecule has 0 spiro atoms. The second kappa shape index (κ2) is 6.11. The number of nitrogens with two attached hydrogens (primary N) is 1. The lowest BCUT2D eigenvalue weighted by Gasteiger charge is -2.33. The van der Waals surface area contributed by atoms with E-state index in [2.05, 4.69) is 27.1 Å². The number of aromatic nitrogens is 2. The second-order valence-corrected chi connectivity index (χ2v) is 6.60. The van der Waals surface area contributed by atoms with Crippen LogP contribution in [0.15, 0.2) is 22.6 Å². The Morgan fingerprint density at radius 1 is 1.42 bits per heavy atom. The molecule has 6 nitrogen and oxygen atoms in total. The van der Waals surface area contributed by atoms with Crippen molar-refractivity contribution in [1.29, 1.82) is 0 Å². The predicted octanol–water partition coefficient (Wildman–Crippen LogP) is 3.19. The van der Waals surface area contributed by atoms with Crippen LogP contribution >= 0.6 is 11.6 Å². The summed E-state index contributed by atoms with van der Waals surface area (Å²) in [6.45, 7) is 4.91. The van der Waals surface area contributed by atoms with Crippen molar-refractivity contribution in [1.82, 2.24) is 15.3 Å². The number of nitrogens with one attached hydrogen (secondary N) is 1. The Bertz CT molecular complexity index is 891. The van der Waals surface area contributed by atoms with Gasteiger partial charge in [0.2, 0.25) is 5.95 Å². The average Bonchev–Trinajstić information content (AvgIpc) is 2.92. The molecule has 3 aromatic rings. The highest BCUT2D eigenvalue weighted by molar-refractivity contribution is 6.31. The van der Waals surface area contributed by atoms with Crippen molar-refractivity contribution in [3.05, 3.63) is 23.2 Å². The zero-order valence-electron chi connectivity index (χ0n) is 13.6. The van der Waals surface area contributed by atoms with Crippen molar-refractivity contribution in [2.45, 2.75) is 25.8 Å². The molecule has 7 heteroatoms. The molecule has 1 atom stereocenters. The summed E-state index contributed by atoms with van der Waals surface area (Å²) in [4.78, 5) is 11.1. The molecule has 3 heterocycles. The Hall–Kier alpha value is -2.05. The maximum Gasteiger partial charge on any atom is 0.222 e. The summed E-state index contributed by atoms with van der Waals surface area (Å²) in [5.74, 6) is 1.03. The van der Waals surface area contributed by atoms with Crippen LogP contribution in [0.4, 0.5) is 11.8 Å². The van der Waals surface area contributed by atoms with Crippen molar-refractivity contribution < 1.29 is 4.42 Å². The molecule has 0 saturated carbocycles. The Balaban J connectivity index is 1.84. The van der Waals surface area contributed by atoms with E-state index in [0.29, 0.717) is 16.6 Å². The van der Waals surface area contributed by atoms with Gasteiger partial charge in [0.25, 0.3) is 0 Å². The summed E-state index contributed by atoms with van der Waals surface area (Å²) < 4.78 is 6.04. The fraction of sp³-hybridized carbons (Fsp3) is 0.412. The maximum atomic E-state index is 6.12. The lowest BCUT2D eigenvalue weighted by atomic mass is 10.1. The van der Waals surface area contributed by atoms with Gasteiger partial charge in [-0.1, -0.05) is 18.5 Å². The van der Waals surface area contributed by atoms with Crippen molar-refractivity contribution >= 4 is 45.4 Å². The SMILES string of the molecule is CCN[C@H]1CCCN(c2nc(N)nc3c2oc2ccc(Cl)cc23)C1. The van der Waals surface area contributed by atoms with E-state index in [1.807, 2.05) is 18.2 Å². The van der Waals surface area contributed by atoms with Gasteiger partial charge in [-0.15, -0.1) is 0 Å². The van der Waals surface area contributed by atoms with Crippen LogP contribution in [0.1, 0.15) is 19.8 Å². The van der Waals surface area contributed by atoms with E-state index in [0.717, 1.165) is 48.4 Å². The van der Waals surface area contributed by atoms with Crippen LogP contribution in [0, 0.1) is 0 Å². The minimum atomic E-state index is 0.255. The third kappa shape index (κ3) is 2.65. The summed E-state index contributed by atoms with van der Waals surface area (Å²) in [6.07, 6.45) is 2.28. The van der Waals surface area contributed by atoms with Crippen molar-refractivity contribution in [2.24, 2.45) is 0 Å². The van der Waals surface area contributed by atoms with Crippen LogP contribution in [0.2, 0.25) is 5.02 Å². The van der Waals surface area contributed by atoms with E-state index in [4.69, 9.17) is 21.8 Å². The Morgan fingerprint density at radius 3 is 3.12 bits per heavy atom. The fourth-order valence-electron chi connectivity index (χ4n) is 3.46. The Labute approximate surface area is 145 Å². The fourth-order valence-corrected chi connectivity index (χ4v) is 3.63. The van der Waals surface area contributed by atoms with E-state index in [-0.39, 0.29) is 5.95 Å². The first-order valence-electron chi connectivity index (χ1n) is 8.29. The lowest BCUT2D eigenvalue weighted by Crippen LogP contribution is -2.46. The summed E-state index contributed by atoms with van der Waals surface area (Å²) in [5, 5.41) is 5.03. The second-order valence-electron chi connectivity index (χ2n) is 6.17. The highest BCUT2D eigenvalue weighted by Gasteiger charge is 2.25. The van der Waals surface area contributed by atoms with Gasteiger partial charge in [-0.05, 0) is 37.6 Å². The van der Waals surface area contributed by atoms with Crippen LogP contribution in [-0.2, 0) is 0 Å². The lowest BCUT2D eigenvalue weighted by molar-refractivity contribution is 0.429. The summed E-state index contributed by atoms with van der Waals surface area (Å²) >= 11 is 6.12. The van der Waals surface area contributed by atoms with Gasteiger partial charge in [0.05, 0.1) is 0 Å². The van der Waals surface area contributed by atoms with Gasteiger partial charge in [0.15, 0.2) is 11.4 Å². The van der Waals surface area contributed by atoms with Crippen LogP contribution in [-0.4, -0.2) is 35.6 Å². The third-order valence-electron chi connectivity index (χ3n) is 4.49. The molecule has 0 aliphatic carbocycles. The van der Waals surface area contributed by atoms with Crippen LogP contribution in [0.25, 0.3) is 22.1 Å². The summed E-state index contributed by atoms with van der Waals surface area (Å²) in [5.41, 5.74) is 8.12. The molecule has 0 unspecified atom stereocenters. The number of anilines is 2. The molecule has 2 aromatic heterocycles. The number of halogens is 1. The molecule has 0 radical (unpaired) electrons. The number of hydrogen-bond donors (Lipinski definition) is 2. The minimum absolute atomic E-state index is 0.255. The number of rotatable bonds is 3. The molecule has 1 aliphatic heterocycles. The number of fused-ring (bicyclic) bond motifs is 3. The van der Waals surface area contributed by atoms with E-state index < -0.39 is 0 Å². The first-order chi connectivity index (χ1) is 11.7. The standard InChI is InChI=1S/C17H20ClN5O/c1-2-20-11-4-3-7-23(9-11)16-15-14(21-17(19)22-16)12-8-10(18)5-6-13(12)24-15/h5-6,8,11,20H,2-4,7,9H2,1H3,(H2,19,21,22)/t11-/m0/s1. The first kappa shape index (κ1) is 15.5. The van der Waals surface area contributed by atoms with E-state index in [9.17, 15) is 0 Å². The van der Waals surface area contributed by atoms with Gasteiger partial charge >= 0.3 is 0 Å². The monoisotopic (exact) mass is 345 g/mol. The molecule has 3 N–H and O–H groups in total. The Morgan fingerprint density at radius 2 is 2.29 bits per heavy atom. The molecule has 24 heavy (non-hydrogen) atoms. The third-order valence-corrected chi connectivity index (χ3v) is 4.72. The maximum absolute atomic E-state index is 6.12. The average molecular weight is 346 g/mol. The number of furan rings is 1. The van der Waals surface area contributed by atoms with Gasteiger partial charge in [-0.25, -0.2) is 4.98 Å². The molecule has 1 saturated heterocycles. The molecular weight excluding hydrogens is 326 g/mol. The van der Waals surface area contributed by atoms with Gasteiger partial charge < -0.3 is 20.4 Å². The van der Waals surface area contributed by atoms with E-state index in [1.165, 1.54) is 6.42 Å². The normalized spacial score (nSPS) is 18.6. The molecule has 0 amide bonds. The minimum Gasteiger partial charge on any atom is -0.450 e. The highest BCUT2D eigenvalue weighted by atomic mass is 35.5. The zero-order valence-corrected chi connectivity index (χ0v) is 14.3. The van der Waals surface area contributed by atoms with Crippen molar-refractivity contribution in [3.8, 4) is 0 Å². The zero-order chi connectivity index (χ0) is 16.7. The largest absolute Gasteiger partial charge is 0.450 e. The van der Waals surface area contributed by atoms with Crippen LogP contribution in [0.5, 0.6) is 0 Å². The number of likely N-dealkylation sites (N-methyl/N-ethyl adjacent to an activating group) is 1. The van der Waals surface area contributed by atoms with Gasteiger partial charge in [-0.3, -0.25) is 0 Å². The highest BCUT2D eigenvalue weighted by Crippen LogP contribution is 2.35. The molecule has 1 fully saturated rings. The van der Waals surface area contributed by atoms with E-state index in [1.54, 1.807) is 0 Å². The summed E-state index contributed by atoms with van der Waals surface area (Å²) in [7, 11) is 0. The molecule has 1 aliphatic rings. The number of benzene rings is 1. The number of piperidine rings is 1. The van der Waals surface area contributed by atoms with Crippen molar-refractivity contribution in [3.63, 3.8) is 0 Å². The molecule has 0 bridgehead atoms. The molecule has 4 rings (SSSR count). The molecule has 126 valence electrons. The quantitative estimate of drug-likeness (QED) is 0.758. The van der Waals surface area contributed by atoms with Gasteiger partial charge in [0, 0.05) is 29.5 Å². The smallest absolute Gasteiger partial charge is 0.222 e. The number of hydrogen-bond acceptors (Lipinski definition) is 6. The number of nitrogen functional groups attached to an aromatic ring is 1. The first-order valence-corrected chi connectivity index (χ1v) is 8.67. The summed E-state index contributed by atoms with van der Waals surface area (Å²) in [6, 6.07) is 5.98. The Kier molecular flexibility index (Phi) is 3.94. The molecular formula is C17H20ClN5O. The van der Waals surface area contributed by atoms with Crippen LogP contribution < -0.4 is 16.0 Å². The van der Waals surface area contributed by atoms with Gasteiger partial charge in [0.1, 0.15) is 11.1 Å².